The molecule has 116 valence electrons. The highest BCUT2D eigenvalue weighted by Gasteiger charge is 2.53. The van der Waals surface area contributed by atoms with E-state index >= 15 is 0 Å². The number of aliphatic hydroxyl groups excluding tert-OH is 1. The lowest BCUT2D eigenvalue weighted by Crippen LogP contribution is -2.63. The predicted octanol–water partition coefficient (Wildman–Crippen LogP) is 0.593. The standard InChI is InChI=1S/C13H23NO6/c1-8(2)19-11(17)14-13(7-18-6-9(13)15)10(16)20-12(3,4)5/h8-9,15H,6-7H2,1-5H3,(H,14,17). The van der Waals surface area contributed by atoms with Crippen molar-refractivity contribution >= 4 is 12.1 Å². The van der Waals surface area contributed by atoms with E-state index in [4.69, 9.17) is 14.2 Å². The molecular weight excluding hydrogens is 266 g/mol. The Balaban J connectivity index is 2.88. The van der Waals surface area contributed by atoms with Gasteiger partial charge in [-0.15, -0.1) is 0 Å². The third kappa shape index (κ3) is 4.08. The molecule has 7 nitrogen and oxygen atoms in total. The average molecular weight is 289 g/mol. The molecule has 0 aromatic carbocycles. The van der Waals surface area contributed by atoms with Gasteiger partial charge in [0, 0.05) is 0 Å². The van der Waals surface area contributed by atoms with Crippen LogP contribution in [0.15, 0.2) is 0 Å². The summed E-state index contributed by atoms with van der Waals surface area (Å²) < 4.78 is 15.3. The summed E-state index contributed by atoms with van der Waals surface area (Å²) in [6.07, 6.45) is -2.32. The van der Waals surface area contributed by atoms with Gasteiger partial charge in [-0.25, -0.2) is 9.59 Å². The minimum atomic E-state index is -1.63. The fraction of sp³-hybridized carbons (Fsp3) is 0.846. The maximum Gasteiger partial charge on any atom is 0.408 e. The van der Waals surface area contributed by atoms with Crippen molar-refractivity contribution in [2.45, 2.75) is 58.0 Å². The molecule has 7 heteroatoms. The van der Waals surface area contributed by atoms with Crippen LogP contribution in [0.25, 0.3) is 0 Å². The molecule has 1 aliphatic heterocycles. The minimum Gasteiger partial charge on any atom is -0.458 e. The number of rotatable bonds is 3. The SMILES string of the molecule is CC(C)OC(=O)NC1(C(=O)OC(C)(C)C)COCC1O. The molecule has 1 amide bonds. The number of hydrogen-bond acceptors (Lipinski definition) is 6. The van der Waals surface area contributed by atoms with Crippen LogP contribution in [0.4, 0.5) is 4.79 Å². The first kappa shape index (κ1) is 16.7. The summed E-state index contributed by atoms with van der Waals surface area (Å²) in [5, 5.41) is 12.4. The van der Waals surface area contributed by atoms with Gasteiger partial charge in [0.15, 0.2) is 5.54 Å². The summed E-state index contributed by atoms with van der Waals surface area (Å²) in [5.74, 6) is -0.740. The molecule has 0 bridgehead atoms. The number of nitrogens with one attached hydrogen (secondary N) is 1. The number of carbonyl (C=O) groups is 2. The van der Waals surface area contributed by atoms with Crippen LogP contribution in [0.5, 0.6) is 0 Å². The van der Waals surface area contributed by atoms with E-state index in [1.54, 1.807) is 34.6 Å². The second kappa shape index (κ2) is 5.97. The van der Waals surface area contributed by atoms with Gasteiger partial charge in [-0.2, -0.15) is 0 Å². The highest BCUT2D eigenvalue weighted by molar-refractivity contribution is 5.87. The molecular formula is C13H23NO6. The van der Waals surface area contributed by atoms with Crippen molar-refractivity contribution in [3.63, 3.8) is 0 Å². The summed E-state index contributed by atoms with van der Waals surface area (Å²) in [4.78, 5) is 24.0. The maximum atomic E-state index is 12.3. The van der Waals surface area contributed by atoms with Crippen molar-refractivity contribution in [1.82, 2.24) is 5.32 Å². The average Bonchev–Trinajstić information content (AvgIpc) is 2.57. The second-order valence-corrected chi connectivity index (χ2v) is 6.08. The van der Waals surface area contributed by atoms with Crippen LogP contribution in [0, 0.1) is 0 Å². The van der Waals surface area contributed by atoms with Gasteiger partial charge in [0.25, 0.3) is 0 Å². The molecule has 1 aliphatic rings. The van der Waals surface area contributed by atoms with E-state index in [1.807, 2.05) is 0 Å². The topological polar surface area (TPSA) is 94.1 Å². The molecule has 1 saturated heterocycles. The van der Waals surface area contributed by atoms with Gasteiger partial charge in [-0.3, -0.25) is 0 Å². The molecule has 20 heavy (non-hydrogen) atoms. The highest BCUT2D eigenvalue weighted by Crippen LogP contribution is 2.24. The smallest absolute Gasteiger partial charge is 0.408 e. The number of hydrogen-bond donors (Lipinski definition) is 2. The molecule has 1 rings (SSSR count). The summed E-state index contributed by atoms with van der Waals surface area (Å²) in [6, 6.07) is 0. The summed E-state index contributed by atoms with van der Waals surface area (Å²) in [5.41, 5.74) is -2.37. The molecule has 0 aromatic heterocycles. The molecule has 0 radical (unpaired) electrons. The fourth-order valence-electron chi connectivity index (χ4n) is 1.73. The summed E-state index contributed by atoms with van der Waals surface area (Å²) in [6.45, 7) is 8.26. The van der Waals surface area contributed by atoms with Crippen molar-refractivity contribution in [2.24, 2.45) is 0 Å². The Hall–Kier alpha value is -1.34. The monoisotopic (exact) mass is 289 g/mol. The molecule has 2 atom stereocenters. The van der Waals surface area contributed by atoms with Gasteiger partial charge in [0.05, 0.1) is 19.3 Å². The van der Waals surface area contributed by atoms with Crippen molar-refractivity contribution < 1.29 is 28.9 Å². The molecule has 0 saturated carbocycles. The van der Waals surface area contributed by atoms with Crippen LogP contribution < -0.4 is 5.32 Å². The third-order valence-corrected chi connectivity index (χ3v) is 2.61. The fourth-order valence-corrected chi connectivity index (χ4v) is 1.73. The summed E-state index contributed by atoms with van der Waals surface area (Å²) >= 11 is 0. The summed E-state index contributed by atoms with van der Waals surface area (Å²) in [7, 11) is 0. The Bertz CT molecular complexity index is 376. The van der Waals surface area contributed by atoms with Crippen LogP contribution in [-0.2, 0) is 19.0 Å². The number of alkyl carbamates (subject to hydrolysis) is 1. The van der Waals surface area contributed by atoms with E-state index in [0.717, 1.165) is 0 Å². The van der Waals surface area contributed by atoms with E-state index in [2.05, 4.69) is 5.32 Å². The Morgan fingerprint density at radius 1 is 1.40 bits per heavy atom. The van der Waals surface area contributed by atoms with Crippen LogP contribution in [0.3, 0.4) is 0 Å². The Morgan fingerprint density at radius 2 is 2.00 bits per heavy atom. The quantitative estimate of drug-likeness (QED) is 0.739. The number of amides is 1. The first-order chi connectivity index (χ1) is 9.07. The zero-order chi connectivity index (χ0) is 15.6. The zero-order valence-corrected chi connectivity index (χ0v) is 12.6. The molecule has 0 aromatic rings. The second-order valence-electron chi connectivity index (χ2n) is 6.08. The van der Waals surface area contributed by atoms with Gasteiger partial charge in [-0.1, -0.05) is 0 Å². The lowest BCUT2D eigenvalue weighted by Gasteiger charge is -2.32. The zero-order valence-electron chi connectivity index (χ0n) is 12.6. The Kier molecular flexibility index (Phi) is 4.99. The van der Waals surface area contributed by atoms with Gasteiger partial charge >= 0.3 is 12.1 Å². The van der Waals surface area contributed by atoms with Crippen LogP contribution in [-0.4, -0.2) is 53.7 Å². The van der Waals surface area contributed by atoms with E-state index < -0.39 is 29.3 Å². The minimum absolute atomic E-state index is 0.0544. The largest absolute Gasteiger partial charge is 0.458 e. The predicted molar refractivity (Wildman–Crippen MR) is 70.2 cm³/mol. The van der Waals surface area contributed by atoms with Crippen LogP contribution in [0.2, 0.25) is 0 Å². The van der Waals surface area contributed by atoms with Crippen molar-refractivity contribution in [2.75, 3.05) is 13.2 Å². The van der Waals surface area contributed by atoms with E-state index in [-0.39, 0.29) is 19.3 Å². The Labute approximate surface area is 118 Å². The first-order valence-electron chi connectivity index (χ1n) is 6.55. The van der Waals surface area contributed by atoms with Gasteiger partial charge < -0.3 is 24.6 Å². The van der Waals surface area contributed by atoms with Gasteiger partial charge in [0.2, 0.25) is 0 Å². The number of carbonyl (C=O) groups excluding carboxylic acids is 2. The van der Waals surface area contributed by atoms with E-state index in [9.17, 15) is 14.7 Å². The molecule has 1 heterocycles. The van der Waals surface area contributed by atoms with Crippen LogP contribution >= 0.6 is 0 Å². The lowest BCUT2D eigenvalue weighted by molar-refractivity contribution is -0.166. The van der Waals surface area contributed by atoms with E-state index in [0.29, 0.717) is 0 Å². The van der Waals surface area contributed by atoms with Crippen molar-refractivity contribution in [3.05, 3.63) is 0 Å². The van der Waals surface area contributed by atoms with Crippen molar-refractivity contribution in [3.8, 4) is 0 Å². The molecule has 1 fully saturated rings. The lowest BCUT2D eigenvalue weighted by atomic mass is 9.95. The molecule has 0 aliphatic carbocycles. The Morgan fingerprint density at radius 3 is 2.40 bits per heavy atom. The van der Waals surface area contributed by atoms with Crippen LogP contribution in [0.1, 0.15) is 34.6 Å². The number of ether oxygens (including phenoxy) is 3. The highest BCUT2D eigenvalue weighted by atomic mass is 16.6. The van der Waals surface area contributed by atoms with Gasteiger partial charge in [-0.05, 0) is 34.6 Å². The molecule has 2 N–H and O–H groups in total. The number of esters is 1. The molecule has 0 spiro atoms. The number of aliphatic hydroxyl groups is 1. The normalized spacial score (nSPS) is 26.4. The maximum absolute atomic E-state index is 12.3. The molecule has 2 unspecified atom stereocenters. The third-order valence-electron chi connectivity index (χ3n) is 2.61. The van der Waals surface area contributed by atoms with Gasteiger partial charge in [0.1, 0.15) is 11.7 Å². The first-order valence-corrected chi connectivity index (χ1v) is 6.55. The van der Waals surface area contributed by atoms with E-state index in [1.165, 1.54) is 0 Å². The van der Waals surface area contributed by atoms with Crippen molar-refractivity contribution in [1.29, 1.82) is 0 Å².